The average Bonchev–Trinajstić information content (AvgIpc) is 2.09. The van der Waals surface area contributed by atoms with Gasteiger partial charge in [0.05, 0.1) is 12.0 Å². The van der Waals surface area contributed by atoms with Crippen molar-refractivity contribution in [2.24, 2.45) is 0 Å². The van der Waals surface area contributed by atoms with Crippen LogP contribution in [0.2, 0.25) is 0 Å². The zero-order valence-electron chi connectivity index (χ0n) is 6.92. The average molecular weight is 258 g/mol. The van der Waals surface area contributed by atoms with Crippen LogP contribution in [0.15, 0.2) is 16.6 Å². The molecule has 0 amide bonds. The summed E-state index contributed by atoms with van der Waals surface area (Å²) in [7, 11) is 0. The maximum atomic E-state index is 13.0. The van der Waals surface area contributed by atoms with E-state index >= 15 is 0 Å². The summed E-state index contributed by atoms with van der Waals surface area (Å²) in [6.45, 7) is 0. The molecule has 3 nitrogen and oxygen atoms in total. The van der Waals surface area contributed by atoms with Gasteiger partial charge in [-0.05, 0) is 17.7 Å². The third-order valence-electron chi connectivity index (χ3n) is 1.60. The van der Waals surface area contributed by atoms with Crippen LogP contribution < -0.4 is 0 Å². The lowest BCUT2D eigenvalue weighted by Gasteiger charge is -2.02. The Kier molecular flexibility index (Phi) is 3.20. The van der Waals surface area contributed by atoms with Gasteiger partial charge in [-0.1, -0.05) is 15.9 Å². The Balaban J connectivity index is 3.19. The second kappa shape index (κ2) is 4.20. The van der Waals surface area contributed by atoms with Crippen molar-refractivity contribution in [3.05, 3.63) is 33.5 Å². The molecular weight excluding hydrogens is 253 g/mol. The molecule has 0 aliphatic carbocycles. The van der Waals surface area contributed by atoms with Gasteiger partial charge in [-0.3, -0.25) is 4.79 Å². The standard InChI is InChI=1S/C9H5BrFNO2/c10-7-3-8(11)6(4-12)1-5(7)2-9(13)14/h1,3H,2H2,(H,13,14). The van der Waals surface area contributed by atoms with Crippen LogP contribution in [-0.4, -0.2) is 11.1 Å². The van der Waals surface area contributed by atoms with Crippen molar-refractivity contribution in [2.45, 2.75) is 6.42 Å². The van der Waals surface area contributed by atoms with E-state index in [4.69, 9.17) is 10.4 Å². The van der Waals surface area contributed by atoms with E-state index in [2.05, 4.69) is 15.9 Å². The molecule has 1 rings (SSSR count). The second-order valence-corrected chi connectivity index (χ2v) is 3.46. The number of hydrogen-bond acceptors (Lipinski definition) is 2. The molecule has 0 saturated heterocycles. The molecule has 0 aromatic heterocycles. The Labute approximate surface area is 87.9 Å². The van der Waals surface area contributed by atoms with Crippen LogP contribution in [-0.2, 0) is 11.2 Å². The Morgan fingerprint density at radius 3 is 2.79 bits per heavy atom. The molecule has 1 aromatic rings. The Morgan fingerprint density at radius 1 is 1.64 bits per heavy atom. The first kappa shape index (κ1) is 10.7. The minimum atomic E-state index is -1.03. The highest BCUT2D eigenvalue weighted by atomic mass is 79.9. The summed E-state index contributed by atoms with van der Waals surface area (Å²) in [6.07, 6.45) is -0.241. The van der Waals surface area contributed by atoms with Crippen molar-refractivity contribution < 1.29 is 14.3 Å². The van der Waals surface area contributed by atoms with Gasteiger partial charge in [0.15, 0.2) is 0 Å². The third kappa shape index (κ3) is 2.30. The fourth-order valence-electron chi connectivity index (χ4n) is 0.978. The van der Waals surface area contributed by atoms with Crippen LogP contribution >= 0.6 is 15.9 Å². The molecule has 0 fully saturated rings. The fraction of sp³-hybridized carbons (Fsp3) is 0.111. The Morgan fingerprint density at radius 2 is 2.29 bits per heavy atom. The van der Waals surface area contributed by atoms with Crippen LogP contribution in [0.1, 0.15) is 11.1 Å². The smallest absolute Gasteiger partial charge is 0.307 e. The summed E-state index contributed by atoms with van der Waals surface area (Å²) in [5.74, 6) is -1.69. The summed E-state index contributed by atoms with van der Waals surface area (Å²) >= 11 is 3.03. The number of carboxylic acid groups (broad SMARTS) is 1. The van der Waals surface area contributed by atoms with Crippen molar-refractivity contribution in [3.63, 3.8) is 0 Å². The molecule has 72 valence electrons. The number of nitriles is 1. The lowest BCUT2D eigenvalue weighted by atomic mass is 10.1. The molecule has 0 saturated carbocycles. The summed E-state index contributed by atoms with van der Waals surface area (Å²) in [6, 6.07) is 3.97. The highest BCUT2D eigenvalue weighted by Gasteiger charge is 2.10. The summed E-state index contributed by atoms with van der Waals surface area (Å²) < 4.78 is 13.3. The molecule has 0 radical (unpaired) electrons. The van der Waals surface area contributed by atoms with E-state index in [-0.39, 0.29) is 12.0 Å². The van der Waals surface area contributed by atoms with E-state index in [1.54, 1.807) is 6.07 Å². The number of aliphatic carboxylic acids is 1. The van der Waals surface area contributed by atoms with Gasteiger partial charge in [0, 0.05) is 4.47 Å². The van der Waals surface area contributed by atoms with E-state index in [9.17, 15) is 9.18 Å². The molecule has 14 heavy (non-hydrogen) atoms. The van der Waals surface area contributed by atoms with Crippen molar-refractivity contribution in [2.75, 3.05) is 0 Å². The van der Waals surface area contributed by atoms with Gasteiger partial charge in [0.1, 0.15) is 11.9 Å². The topological polar surface area (TPSA) is 61.1 Å². The van der Waals surface area contributed by atoms with Crippen molar-refractivity contribution >= 4 is 21.9 Å². The number of hydrogen-bond donors (Lipinski definition) is 1. The first-order chi connectivity index (χ1) is 6.54. The molecule has 1 aromatic carbocycles. The zero-order chi connectivity index (χ0) is 10.7. The van der Waals surface area contributed by atoms with E-state index < -0.39 is 11.8 Å². The minimum Gasteiger partial charge on any atom is -0.481 e. The maximum absolute atomic E-state index is 13.0. The van der Waals surface area contributed by atoms with Gasteiger partial charge < -0.3 is 5.11 Å². The van der Waals surface area contributed by atoms with Gasteiger partial charge in [-0.25, -0.2) is 4.39 Å². The molecular formula is C9H5BrFNO2. The normalized spacial score (nSPS) is 9.50. The highest BCUT2D eigenvalue weighted by molar-refractivity contribution is 9.10. The van der Waals surface area contributed by atoms with Crippen molar-refractivity contribution in [3.8, 4) is 6.07 Å². The lowest BCUT2D eigenvalue weighted by molar-refractivity contribution is -0.136. The number of carboxylic acids is 1. The van der Waals surface area contributed by atoms with Gasteiger partial charge in [-0.2, -0.15) is 5.26 Å². The molecule has 0 bridgehead atoms. The molecule has 0 aliphatic rings. The number of carbonyl (C=O) groups is 1. The van der Waals surface area contributed by atoms with Gasteiger partial charge >= 0.3 is 5.97 Å². The molecule has 0 spiro atoms. The van der Waals surface area contributed by atoms with Crippen LogP contribution in [0.5, 0.6) is 0 Å². The molecule has 0 unspecified atom stereocenters. The van der Waals surface area contributed by atoms with Gasteiger partial charge in [0.2, 0.25) is 0 Å². The first-order valence-corrected chi connectivity index (χ1v) is 4.43. The predicted molar refractivity (Wildman–Crippen MR) is 50.2 cm³/mol. The molecule has 1 N–H and O–H groups in total. The largest absolute Gasteiger partial charge is 0.481 e. The van der Waals surface area contributed by atoms with Gasteiger partial charge in [-0.15, -0.1) is 0 Å². The molecule has 0 aliphatic heterocycles. The third-order valence-corrected chi connectivity index (χ3v) is 2.34. The van der Waals surface area contributed by atoms with E-state index in [1.807, 2.05) is 0 Å². The minimum absolute atomic E-state index is 0.149. The highest BCUT2D eigenvalue weighted by Crippen LogP contribution is 2.21. The van der Waals surface area contributed by atoms with Gasteiger partial charge in [0.25, 0.3) is 0 Å². The molecule has 5 heteroatoms. The van der Waals surface area contributed by atoms with Crippen LogP contribution in [0, 0.1) is 17.1 Å². The van der Waals surface area contributed by atoms with Crippen LogP contribution in [0.4, 0.5) is 4.39 Å². The number of rotatable bonds is 2. The van der Waals surface area contributed by atoms with Crippen molar-refractivity contribution in [1.29, 1.82) is 5.26 Å². The number of benzene rings is 1. The summed E-state index contributed by atoms with van der Waals surface area (Å²) in [5, 5.41) is 17.0. The van der Waals surface area contributed by atoms with E-state index in [0.29, 0.717) is 10.0 Å². The maximum Gasteiger partial charge on any atom is 0.307 e. The van der Waals surface area contributed by atoms with E-state index in [0.717, 1.165) is 6.07 Å². The summed E-state index contributed by atoms with van der Waals surface area (Å²) in [5.41, 5.74) is 0.236. The molecule has 0 heterocycles. The predicted octanol–water partition coefficient (Wildman–Crippen LogP) is 2.09. The second-order valence-electron chi connectivity index (χ2n) is 2.61. The zero-order valence-corrected chi connectivity index (χ0v) is 8.51. The lowest BCUT2D eigenvalue weighted by Crippen LogP contribution is -2.02. The number of halogens is 2. The quantitative estimate of drug-likeness (QED) is 0.883. The van der Waals surface area contributed by atoms with Crippen molar-refractivity contribution in [1.82, 2.24) is 0 Å². The Bertz CT molecular complexity index is 426. The Hall–Kier alpha value is -1.41. The summed E-state index contributed by atoms with van der Waals surface area (Å²) in [4.78, 5) is 10.4. The first-order valence-electron chi connectivity index (χ1n) is 3.64. The monoisotopic (exact) mass is 257 g/mol. The van der Waals surface area contributed by atoms with Crippen LogP contribution in [0.3, 0.4) is 0 Å². The van der Waals surface area contributed by atoms with E-state index in [1.165, 1.54) is 6.07 Å². The van der Waals surface area contributed by atoms with Crippen LogP contribution in [0.25, 0.3) is 0 Å². The number of nitrogens with zero attached hydrogens (tertiary/aromatic N) is 1. The molecule has 0 atom stereocenters. The fourth-order valence-corrected chi connectivity index (χ4v) is 1.43. The SMILES string of the molecule is N#Cc1cc(CC(=O)O)c(Br)cc1F.